The van der Waals surface area contributed by atoms with Crippen LogP contribution in [0.3, 0.4) is 0 Å². The molecular formula is C12H24N2O2S. The Balaban J connectivity index is 1.86. The fourth-order valence-electron chi connectivity index (χ4n) is 3.20. The zero-order chi connectivity index (χ0) is 12.5. The van der Waals surface area contributed by atoms with E-state index in [0.717, 1.165) is 25.8 Å². The number of rotatable bonds is 4. The number of likely N-dealkylation sites (tertiary alicyclic amines) is 1. The molecule has 0 amide bonds. The molecule has 1 aliphatic heterocycles. The van der Waals surface area contributed by atoms with Crippen LogP contribution in [0.4, 0.5) is 0 Å². The number of likely N-dealkylation sites (N-methyl/N-ethyl adjacent to an activating group) is 1. The quantitative estimate of drug-likeness (QED) is 0.806. The third-order valence-electron chi connectivity index (χ3n) is 4.29. The normalized spacial score (nSPS) is 35.5. The summed E-state index contributed by atoms with van der Waals surface area (Å²) in [5.41, 5.74) is 0. The molecule has 4 nitrogen and oxygen atoms in total. The molecule has 0 aromatic rings. The third kappa shape index (κ3) is 3.20. The minimum atomic E-state index is -2.89. The fraction of sp³-hybridized carbons (Fsp3) is 1.00. The van der Waals surface area contributed by atoms with Gasteiger partial charge in [-0.1, -0.05) is 6.42 Å². The van der Waals surface area contributed by atoms with E-state index in [-0.39, 0.29) is 11.3 Å². The van der Waals surface area contributed by atoms with Crippen LogP contribution in [-0.4, -0.2) is 57.0 Å². The van der Waals surface area contributed by atoms with Gasteiger partial charge in [-0.05, 0) is 39.3 Å². The second-order valence-corrected chi connectivity index (χ2v) is 7.85. The molecule has 3 atom stereocenters. The van der Waals surface area contributed by atoms with Crippen LogP contribution in [0.2, 0.25) is 0 Å². The lowest BCUT2D eigenvalue weighted by Crippen LogP contribution is -2.45. The molecule has 0 bridgehead atoms. The van der Waals surface area contributed by atoms with E-state index in [2.05, 4.69) is 17.3 Å². The maximum Gasteiger partial charge on any atom is 0.151 e. The van der Waals surface area contributed by atoms with Crippen molar-refractivity contribution < 1.29 is 8.42 Å². The van der Waals surface area contributed by atoms with Gasteiger partial charge in [0.25, 0.3) is 0 Å². The van der Waals surface area contributed by atoms with E-state index in [0.29, 0.717) is 6.04 Å². The number of sulfone groups is 1. The zero-order valence-electron chi connectivity index (χ0n) is 10.9. The highest BCUT2D eigenvalue weighted by atomic mass is 32.2. The van der Waals surface area contributed by atoms with Crippen molar-refractivity contribution in [2.75, 3.05) is 26.4 Å². The summed E-state index contributed by atoms with van der Waals surface area (Å²) in [6.45, 7) is 2.11. The van der Waals surface area contributed by atoms with Crippen molar-refractivity contribution in [1.29, 1.82) is 0 Å². The molecule has 17 heavy (non-hydrogen) atoms. The average molecular weight is 260 g/mol. The first kappa shape index (κ1) is 13.3. The summed E-state index contributed by atoms with van der Waals surface area (Å²) in [5.74, 6) is 0. The Hall–Kier alpha value is -0.130. The summed E-state index contributed by atoms with van der Waals surface area (Å²) < 4.78 is 23.3. The molecule has 2 fully saturated rings. The van der Waals surface area contributed by atoms with Gasteiger partial charge in [-0.3, -0.25) is 0 Å². The van der Waals surface area contributed by atoms with Crippen LogP contribution in [0.25, 0.3) is 0 Å². The Morgan fingerprint density at radius 1 is 1.24 bits per heavy atom. The average Bonchev–Trinajstić information content (AvgIpc) is 2.82. The maximum atomic E-state index is 11.7. The molecule has 0 radical (unpaired) electrons. The fourth-order valence-corrected chi connectivity index (χ4v) is 4.62. The van der Waals surface area contributed by atoms with Gasteiger partial charge in [0, 0.05) is 24.9 Å². The molecule has 0 aromatic heterocycles. The molecule has 1 heterocycles. The highest BCUT2D eigenvalue weighted by molar-refractivity contribution is 7.91. The zero-order valence-corrected chi connectivity index (χ0v) is 11.7. The first-order valence-corrected chi connectivity index (χ1v) is 8.56. The largest absolute Gasteiger partial charge is 0.311 e. The van der Waals surface area contributed by atoms with Crippen molar-refractivity contribution in [2.24, 2.45) is 0 Å². The van der Waals surface area contributed by atoms with Crippen LogP contribution < -0.4 is 5.32 Å². The van der Waals surface area contributed by atoms with Gasteiger partial charge in [0.15, 0.2) is 9.84 Å². The Morgan fingerprint density at radius 2 is 2.00 bits per heavy atom. The summed E-state index contributed by atoms with van der Waals surface area (Å²) in [4.78, 5) is 2.37. The van der Waals surface area contributed by atoms with Crippen molar-refractivity contribution in [2.45, 2.75) is 49.4 Å². The molecule has 0 spiro atoms. The second-order valence-electron chi connectivity index (χ2n) is 5.59. The molecule has 1 aliphatic carbocycles. The molecule has 1 saturated heterocycles. The van der Waals surface area contributed by atoms with E-state index in [4.69, 9.17) is 0 Å². The third-order valence-corrected chi connectivity index (χ3v) is 5.95. The first-order valence-electron chi connectivity index (χ1n) is 6.61. The standard InChI is InChI=1S/C12H24N2O2S/c1-14-8-4-5-10(14)9-13-11-6-3-7-12(11)17(2,15)16/h10-13H,3-9H2,1-2H3. The maximum absolute atomic E-state index is 11.7. The predicted octanol–water partition coefficient (Wildman–Crippen LogP) is 0.636. The van der Waals surface area contributed by atoms with Crippen LogP contribution in [0.1, 0.15) is 32.1 Å². The first-order chi connectivity index (χ1) is 7.98. The van der Waals surface area contributed by atoms with E-state index < -0.39 is 9.84 Å². The minimum absolute atomic E-state index is 0.158. The summed E-state index contributed by atoms with van der Waals surface area (Å²) in [5, 5.41) is 3.33. The Bertz CT molecular complexity index is 356. The molecule has 1 saturated carbocycles. The van der Waals surface area contributed by atoms with E-state index in [1.807, 2.05) is 0 Å². The van der Waals surface area contributed by atoms with Crippen molar-refractivity contribution >= 4 is 9.84 Å². The summed E-state index contributed by atoms with van der Waals surface area (Å²) in [7, 11) is -0.732. The Morgan fingerprint density at radius 3 is 2.59 bits per heavy atom. The highest BCUT2D eigenvalue weighted by Gasteiger charge is 2.35. The summed E-state index contributed by atoms with van der Waals surface area (Å²) in [6.07, 6.45) is 6.75. The second kappa shape index (κ2) is 5.24. The molecule has 3 unspecified atom stereocenters. The Kier molecular flexibility index (Phi) is 4.10. The van der Waals surface area contributed by atoms with Crippen molar-refractivity contribution in [3.8, 4) is 0 Å². The van der Waals surface area contributed by atoms with Crippen LogP contribution in [0.15, 0.2) is 0 Å². The number of hydrogen-bond acceptors (Lipinski definition) is 4. The lowest BCUT2D eigenvalue weighted by molar-refractivity contribution is 0.291. The monoisotopic (exact) mass is 260 g/mol. The molecule has 1 N–H and O–H groups in total. The summed E-state index contributed by atoms with van der Waals surface area (Å²) in [6, 6.07) is 0.773. The number of hydrogen-bond donors (Lipinski definition) is 1. The minimum Gasteiger partial charge on any atom is -0.311 e. The molecule has 100 valence electrons. The molecule has 0 aromatic carbocycles. The van der Waals surface area contributed by atoms with Gasteiger partial charge in [-0.15, -0.1) is 0 Å². The van der Waals surface area contributed by atoms with E-state index >= 15 is 0 Å². The van der Waals surface area contributed by atoms with Gasteiger partial charge in [0.05, 0.1) is 5.25 Å². The van der Waals surface area contributed by atoms with Gasteiger partial charge in [0.1, 0.15) is 0 Å². The number of nitrogens with one attached hydrogen (secondary N) is 1. The van der Waals surface area contributed by atoms with Gasteiger partial charge >= 0.3 is 0 Å². The van der Waals surface area contributed by atoms with E-state index in [1.54, 1.807) is 0 Å². The van der Waals surface area contributed by atoms with Gasteiger partial charge in [-0.2, -0.15) is 0 Å². The van der Waals surface area contributed by atoms with E-state index in [9.17, 15) is 8.42 Å². The highest BCUT2D eigenvalue weighted by Crippen LogP contribution is 2.25. The molecule has 5 heteroatoms. The Labute approximate surface area is 105 Å². The van der Waals surface area contributed by atoms with Crippen LogP contribution >= 0.6 is 0 Å². The van der Waals surface area contributed by atoms with Crippen LogP contribution in [0, 0.1) is 0 Å². The van der Waals surface area contributed by atoms with Gasteiger partial charge in [0.2, 0.25) is 0 Å². The SMILES string of the molecule is CN1CCCC1CNC1CCCC1S(C)(=O)=O. The van der Waals surface area contributed by atoms with Crippen LogP contribution in [0.5, 0.6) is 0 Å². The summed E-state index contributed by atoms with van der Waals surface area (Å²) >= 11 is 0. The predicted molar refractivity (Wildman–Crippen MR) is 69.9 cm³/mol. The van der Waals surface area contributed by atoms with Crippen LogP contribution in [-0.2, 0) is 9.84 Å². The topological polar surface area (TPSA) is 49.4 Å². The lowest BCUT2D eigenvalue weighted by Gasteiger charge is -2.25. The van der Waals surface area contributed by atoms with E-state index in [1.165, 1.54) is 25.6 Å². The molecule has 2 rings (SSSR count). The van der Waals surface area contributed by atoms with Gasteiger partial charge < -0.3 is 10.2 Å². The van der Waals surface area contributed by atoms with Gasteiger partial charge in [-0.25, -0.2) is 8.42 Å². The smallest absolute Gasteiger partial charge is 0.151 e. The van der Waals surface area contributed by atoms with Crippen molar-refractivity contribution in [1.82, 2.24) is 10.2 Å². The van der Waals surface area contributed by atoms with Crippen molar-refractivity contribution in [3.63, 3.8) is 0 Å². The molecule has 2 aliphatic rings. The molecular weight excluding hydrogens is 236 g/mol. The number of nitrogens with zero attached hydrogens (tertiary/aromatic N) is 1. The lowest BCUT2D eigenvalue weighted by atomic mass is 10.2. The van der Waals surface area contributed by atoms with Crippen molar-refractivity contribution in [3.05, 3.63) is 0 Å².